The smallest absolute Gasteiger partial charge is 0.232 e. The molecule has 1 aromatic carbocycles. The molecule has 0 saturated carbocycles. The van der Waals surface area contributed by atoms with Crippen LogP contribution in [0, 0.1) is 13.8 Å². The molecule has 0 N–H and O–H groups in total. The van der Waals surface area contributed by atoms with Crippen LogP contribution in [0.3, 0.4) is 0 Å². The van der Waals surface area contributed by atoms with E-state index in [1.54, 1.807) is 24.1 Å². The Morgan fingerprint density at radius 1 is 1.11 bits per heavy atom. The van der Waals surface area contributed by atoms with Gasteiger partial charge < -0.3 is 9.30 Å². The van der Waals surface area contributed by atoms with Gasteiger partial charge >= 0.3 is 0 Å². The molecule has 0 spiro atoms. The van der Waals surface area contributed by atoms with Crippen LogP contribution < -0.4 is 0 Å². The van der Waals surface area contributed by atoms with Gasteiger partial charge in [0.1, 0.15) is 5.65 Å². The number of pyridine rings is 1. The summed E-state index contributed by atoms with van der Waals surface area (Å²) in [7, 11) is 1.81. The monoisotopic (exact) mass is 373 g/mol. The second kappa shape index (κ2) is 8.26. The Morgan fingerprint density at radius 2 is 1.79 bits per heavy atom. The van der Waals surface area contributed by atoms with Crippen molar-refractivity contribution in [2.75, 3.05) is 13.6 Å². The molecule has 0 fully saturated rings. The first-order chi connectivity index (χ1) is 13.5. The zero-order chi connectivity index (χ0) is 20.3. The summed E-state index contributed by atoms with van der Waals surface area (Å²) in [5, 5.41) is 0. The third-order valence-electron chi connectivity index (χ3n) is 4.94. The fourth-order valence-corrected chi connectivity index (χ4v) is 3.47. The number of rotatable bonds is 7. The first kappa shape index (κ1) is 19.6. The van der Waals surface area contributed by atoms with E-state index in [9.17, 15) is 4.79 Å². The highest BCUT2D eigenvalue weighted by Gasteiger charge is 2.29. The average Bonchev–Trinajstić information content (AvgIpc) is 3.04. The maximum absolute atomic E-state index is 13.3. The van der Waals surface area contributed by atoms with Crippen LogP contribution in [-0.4, -0.2) is 33.8 Å². The number of fused-ring (bicyclic) bond motifs is 1. The van der Waals surface area contributed by atoms with Crippen LogP contribution in [0.5, 0.6) is 0 Å². The molecular formula is C24H27N3O. The zero-order valence-electron chi connectivity index (χ0n) is 16.9. The molecule has 144 valence electrons. The van der Waals surface area contributed by atoms with Crippen molar-refractivity contribution < 1.29 is 4.79 Å². The van der Waals surface area contributed by atoms with E-state index in [0.717, 1.165) is 28.2 Å². The van der Waals surface area contributed by atoms with E-state index < -0.39 is 0 Å². The van der Waals surface area contributed by atoms with Gasteiger partial charge in [-0.25, -0.2) is 4.98 Å². The van der Waals surface area contributed by atoms with Crippen molar-refractivity contribution in [2.24, 2.45) is 0 Å². The summed E-state index contributed by atoms with van der Waals surface area (Å²) in [5.41, 5.74) is 5.90. The Balaban J connectivity index is 2.25. The molecule has 1 amide bonds. The number of imidazole rings is 1. The predicted octanol–water partition coefficient (Wildman–Crippen LogP) is 4.92. The van der Waals surface area contributed by atoms with Crippen LogP contribution in [0.4, 0.5) is 0 Å². The Hall–Kier alpha value is -3.14. The average molecular weight is 374 g/mol. The van der Waals surface area contributed by atoms with Gasteiger partial charge in [-0.3, -0.25) is 4.79 Å². The van der Waals surface area contributed by atoms with Crippen LogP contribution in [0.1, 0.15) is 29.2 Å². The first-order valence-electron chi connectivity index (χ1n) is 9.48. The second-order valence-corrected chi connectivity index (χ2v) is 7.23. The van der Waals surface area contributed by atoms with Crippen molar-refractivity contribution in [1.29, 1.82) is 0 Å². The minimum absolute atomic E-state index is 0.0384. The van der Waals surface area contributed by atoms with Crippen LogP contribution in [0.25, 0.3) is 16.9 Å². The molecule has 0 aliphatic carbocycles. The molecule has 2 aromatic heterocycles. The Labute approximate surface area is 166 Å². The van der Waals surface area contributed by atoms with Crippen molar-refractivity contribution in [3.8, 4) is 11.3 Å². The van der Waals surface area contributed by atoms with E-state index in [4.69, 9.17) is 4.98 Å². The normalized spacial score (nSPS) is 12.0. The summed E-state index contributed by atoms with van der Waals surface area (Å²) >= 11 is 0. The SMILES string of the molecule is C=CCC(C(=O)N(C)CC=C)c1c(-c2ccc(C)cc2)nc2ccc(C)cn12. The van der Waals surface area contributed by atoms with Gasteiger partial charge in [0, 0.05) is 25.4 Å². The maximum Gasteiger partial charge on any atom is 0.232 e. The topological polar surface area (TPSA) is 37.6 Å². The van der Waals surface area contributed by atoms with Gasteiger partial charge in [0.15, 0.2) is 0 Å². The highest BCUT2D eigenvalue weighted by atomic mass is 16.2. The lowest BCUT2D eigenvalue weighted by atomic mass is 9.95. The number of hydrogen-bond acceptors (Lipinski definition) is 2. The van der Waals surface area contributed by atoms with E-state index >= 15 is 0 Å². The summed E-state index contributed by atoms with van der Waals surface area (Å²) in [6.07, 6.45) is 6.13. The molecule has 2 heterocycles. The van der Waals surface area contributed by atoms with Gasteiger partial charge in [-0.1, -0.05) is 48.0 Å². The number of likely N-dealkylation sites (N-methyl/N-ethyl adjacent to an activating group) is 1. The van der Waals surface area contributed by atoms with Crippen LogP contribution in [-0.2, 0) is 4.79 Å². The predicted molar refractivity (Wildman–Crippen MR) is 115 cm³/mol. The van der Waals surface area contributed by atoms with E-state index in [-0.39, 0.29) is 11.8 Å². The molecule has 0 aliphatic heterocycles. The molecule has 0 saturated heterocycles. The fourth-order valence-electron chi connectivity index (χ4n) is 3.47. The molecular weight excluding hydrogens is 346 g/mol. The van der Waals surface area contributed by atoms with Crippen LogP contribution >= 0.6 is 0 Å². The van der Waals surface area contributed by atoms with E-state index in [1.165, 1.54) is 5.56 Å². The number of hydrogen-bond donors (Lipinski definition) is 0. The van der Waals surface area contributed by atoms with Crippen molar-refractivity contribution in [1.82, 2.24) is 14.3 Å². The number of nitrogens with zero attached hydrogens (tertiary/aromatic N) is 3. The van der Waals surface area contributed by atoms with Gasteiger partial charge in [0.05, 0.1) is 17.3 Å². The third-order valence-corrected chi connectivity index (χ3v) is 4.94. The van der Waals surface area contributed by atoms with Gasteiger partial charge in [0.2, 0.25) is 5.91 Å². The lowest BCUT2D eigenvalue weighted by Crippen LogP contribution is -2.32. The summed E-state index contributed by atoms with van der Waals surface area (Å²) in [6.45, 7) is 12.3. The summed E-state index contributed by atoms with van der Waals surface area (Å²) in [6, 6.07) is 12.3. The first-order valence-corrected chi connectivity index (χ1v) is 9.48. The lowest BCUT2D eigenvalue weighted by molar-refractivity contribution is -0.131. The molecule has 0 aliphatic rings. The quantitative estimate of drug-likeness (QED) is 0.551. The number of aryl methyl sites for hydroxylation is 2. The van der Waals surface area contributed by atoms with Crippen LogP contribution in [0.15, 0.2) is 67.9 Å². The minimum atomic E-state index is -0.365. The molecule has 1 unspecified atom stereocenters. The largest absolute Gasteiger partial charge is 0.341 e. The number of carbonyl (C=O) groups is 1. The summed E-state index contributed by atoms with van der Waals surface area (Å²) < 4.78 is 2.05. The van der Waals surface area contributed by atoms with Crippen molar-refractivity contribution in [3.63, 3.8) is 0 Å². The van der Waals surface area contributed by atoms with E-state index in [0.29, 0.717) is 13.0 Å². The van der Waals surface area contributed by atoms with E-state index in [2.05, 4.69) is 48.7 Å². The fraction of sp³-hybridized carbons (Fsp3) is 0.250. The second-order valence-electron chi connectivity index (χ2n) is 7.23. The Bertz CT molecular complexity index is 1010. The molecule has 1 atom stereocenters. The standard InChI is InChI=1S/C24H27N3O/c1-6-8-20(24(28)26(5)15-7-2)23-22(19-12-9-17(3)10-13-19)25-21-14-11-18(4)16-27(21)23/h6-7,9-14,16,20H,1-2,8,15H2,3-5H3. The number of carbonyl (C=O) groups excluding carboxylic acids is 1. The minimum Gasteiger partial charge on any atom is -0.341 e. The summed E-state index contributed by atoms with van der Waals surface area (Å²) in [4.78, 5) is 19.9. The van der Waals surface area contributed by atoms with Crippen molar-refractivity contribution >= 4 is 11.6 Å². The number of aromatic nitrogens is 2. The Morgan fingerprint density at radius 3 is 2.43 bits per heavy atom. The third kappa shape index (κ3) is 3.77. The highest BCUT2D eigenvalue weighted by molar-refractivity contribution is 5.86. The molecule has 3 aromatic rings. The van der Waals surface area contributed by atoms with Crippen molar-refractivity contribution in [3.05, 3.63) is 84.7 Å². The highest BCUT2D eigenvalue weighted by Crippen LogP contribution is 2.33. The lowest BCUT2D eigenvalue weighted by Gasteiger charge is -2.23. The van der Waals surface area contributed by atoms with Crippen molar-refractivity contribution in [2.45, 2.75) is 26.2 Å². The molecule has 4 heteroatoms. The van der Waals surface area contributed by atoms with Crippen LogP contribution in [0.2, 0.25) is 0 Å². The summed E-state index contributed by atoms with van der Waals surface area (Å²) in [5.74, 6) is -0.327. The molecule has 0 bridgehead atoms. The van der Waals surface area contributed by atoms with E-state index in [1.807, 2.05) is 25.3 Å². The number of benzene rings is 1. The zero-order valence-corrected chi connectivity index (χ0v) is 16.9. The molecule has 4 nitrogen and oxygen atoms in total. The maximum atomic E-state index is 13.3. The van der Waals surface area contributed by atoms with Gasteiger partial charge in [-0.2, -0.15) is 0 Å². The molecule has 28 heavy (non-hydrogen) atoms. The van der Waals surface area contributed by atoms with Gasteiger partial charge in [0.25, 0.3) is 0 Å². The number of amides is 1. The molecule has 0 radical (unpaired) electrons. The van der Waals surface area contributed by atoms with Gasteiger partial charge in [-0.05, 0) is 31.9 Å². The Kier molecular flexibility index (Phi) is 5.78. The number of allylic oxidation sites excluding steroid dienone is 1. The molecule has 3 rings (SSSR count). The van der Waals surface area contributed by atoms with Gasteiger partial charge in [-0.15, -0.1) is 13.2 Å².